The van der Waals surface area contributed by atoms with Crippen molar-refractivity contribution in [3.05, 3.63) is 34.4 Å². The molecule has 0 aromatic heterocycles. The van der Waals surface area contributed by atoms with Gasteiger partial charge in [0.1, 0.15) is 0 Å². The van der Waals surface area contributed by atoms with Gasteiger partial charge in [-0.05, 0) is 70.1 Å². The van der Waals surface area contributed by atoms with Gasteiger partial charge in [0.2, 0.25) is 5.60 Å². The largest absolute Gasteiger partial charge is 0.463 e. The lowest BCUT2D eigenvalue weighted by Crippen LogP contribution is -2.42. The fourth-order valence-corrected chi connectivity index (χ4v) is 3.44. The van der Waals surface area contributed by atoms with Crippen molar-refractivity contribution < 1.29 is 19.1 Å². The summed E-state index contributed by atoms with van der Waals surface area (Å²) in [7, 11) is 0. The van der Waals surface area contributed by atoms with Crippen LogP contribution in [-0.2, 0) is 25.5 Å². The van der Waals surface area contributed by atoms with Gasteiger partial charge >= 0.3 is 11.9 Å². The lowest BCUT2D eigenvalue weighted by Gasteiger charge is -2.26. The van der Waals surface area contributed by atoms with Gasteiger partial charge in [0.05, 0.1) is 13.0 Å². The quantitative estimate of drug-likeness (QED) is 0.730. The van der Waals surface area contributed by atoms with Crippen molar-refractivity contribution in [2.75, 3.05) is 6.61 Å². The lowest BCUT2D eigenvalue weighted by molar-refractivity contribution is -0.181. The van der Waals surface area contributed by atoms with Crippen molar-refractivity contribution in [3.63, 3.8) is 0 Å². The Labute approximate surface area is 151 Å². The van der Waals surface area contributed by atoms with E-state index in [2.05, 4.69) is 12.1 Å². The second-order valence-corrected chi connectivity index (χ2v) is 6.45. The normalized spacial score (nSPS) is 15.1. The minimum Gasteiger partial charge on any atom is -0.463 e. The molecule has 0 radical (unpaired) electrons. The van der Waals surface area contributed by atoms with Crippen LogP contribution in [0.25, 0.3) is 0 Å². The van der Waals surface area contributed by atoms with Crippen molar-refractivity contribution in [1.29, 1.82) is 0 Å². The van der Waals surface area contributed by atoms with E-state index in [1.54, 1.807) is 6.92 Å². The molecule has 0 bridgehead atoms. The highest BCUT2D eigenvalue weighted by Gasteiger charge is 2.46. The summed E-state index contributed by atoms with van der Waals surface area (Å²) >= 11 is 0. The first-order valence-electron chi connectivity index (χ1n) is 9.34. The molecule has 0 spiro atoms. The predicted molar refractivity (Wildman–Crippen MR) is 99.6 cm³/mol. The number of carbonyl (C=O) groups excluding carboxylic acids is 2. The van der Waals surface area contributed by atoms with Crippen molar-refractivity contribution in [3.8, 4) is 0 Å². The van der Waals surface area contributed by atoms with Gasteiger partial charge < -0.3 is 9.47 Å². The van der Waals surface area contributed by atoms with Gasteiger partial charge in [0, 0.05) is 0 Å². The number of hydrogen-bond acceptors (Lipinski definition) is 4. The van der Waals surface area contributed by atoms with E-state index in [-0.39, 0.29) is 12.4 Å². The second-order valence-electron chi connectivity index (χ2n) is 6.45. The molecule has 0 unspecified atom stereocenters. The fourth-order valence-electron chi connectivity index (χ4n) is 3.44. The Morgan fingerprint density at radius 1 is 1.04 bits per heavy atom. The van der Waals surface area contributed by atoms with Crippen LogP contribution in [-0.4, -0.2) is 24.1 Å². The highest BCUT2D eigenvalue weighted by Crippen LogP contribution is 2.35. The van der Waals surface area contributed by atoms with Crippen LogP contribution in [0.2, 0.25) is 0 Å². The van der Waals surface area contributed by atoms with E-state index in [1.807, 2.05) is 34.6 Å². The predicted octanol–water partition coefficient (Wildman–Crippen LogP) is 4.60. The van der Waals surface area contributed by atoms with Crippen molar-refractivity contribution in [2.45, 2.75) is 79.2 Å². The minimum atomic E-state index is -1.07. The Bertz CT molecular complexity index is 575. The van der Waals surface area contributed by atoms with Crippen LogP contribution in [0.1, 0.15) is 68.7 Å². The third-order valence-electron chi connectivity index (χ3n) is 4.53. The summed E-state index contributed by atoms with van der Waals surface area (Å²) < 4.78 is 10.8. The van der Waals surface area contributed by atoms with E-state index in [4.69, 9.17) is 9.47 Å². The molecule has 4 nitrogen and oxygen atoms in total. The average molecular weight is 348 g/mol. The first-order chi connectivity index (χ1) is 11.9. The molecule has 1 aliphatic carbocycles. The van der Waals surface area contributed by atoms with Crippen molar-refractivity contribution in [1.82, 2.24) is 0 Å². The van der Waals surface area contributed by atoms with Crippen molar-refractivity contribution in [2.24, 2.45) is 0 Å². The summed E-state index contributed by atoms with van der Waals surface area (Å²) in [5, 5.41) is 0. The topological polar surface area (TPSA) is 52.6 Å². The number of benzene rings is 1. The Morgan fingerprint density at radius 3 is 2.04 bits per heavy atom. The molecule has 25 heavy (non-hydrogen) atoms. The summed E-state index contributed by atoms with van der Waals surface area (Å²) in [6, 6.07) is 4.12. The molecule has 140 valence electrons. The van der Waals surface area contributed by atoms with E-state index in [0.29, 0.717) is 19.4 Å². The van der Waals surface area contributed by atoms with Gasteiger partial charge in [-0.25, -0.2) is 4.79 Å². The summed E-state index contributed by atoms with van der Waals surface area (Å²) in [6.07, 6.45) is 3.08. The zero-order valence-corrected chi connectivity index (χ0v) is 16.5. The van der Waals surface area contributed by atoms with Gasteiger partial charge in [-0.2, -0.15) is 0 Å². The number of esters is 2. The molecule has 1 fully saturated rings. The van der Waals surface area contributed by atoms with Gasteiger partial charge in [0.15, 0.2) is 0 Å². The van der Waals surface area contributed by atoms with Gasteiger partial charge in [-0.15, -0.1) is 0 Å². The number of aryl methyl sites for hydroxylation is 3. The molecular formula is C21H32O4. The van der Waals surface area contributed by atoms with E-state index >= 15 is 0 Å². The summed E-state index contributed by atoms with van der Waals surface area (Å²) in [4.78, 5) is 24.7. The third kappa shape index (κ3) is 5.32. The number of carbonyl (C=O) groups is 2. The van der Waals surface area contributed by atoms with Gasteiger partial charge in [-0.3, -0.25) is 4.79 Å². The monoisotopic (exact) mass is 348 g/mol. The molecule has 0 atom stereocenters. The molecule has 1 aromatic carbocycles. The highest BCUT2D eigenvalue weighted by atomic mass is 16.6. The molecule has 0 saturated heterocycles. The summed E-state index contributed by atoms with van der Waals surface area (Å²) in [5.74, 6) is -0.752. The van der Waals surface area contributed by atoms with Crippen LogP contribution in [0.5, 0.6) is 0 Å². The molecular weight excluding hydrogens is 316 g/mol. The molecule has 0 amide bonds. The second kappa shape index (κ2) is 9.59. The Morgan fingerprint density at radius 2 is 1.56 bits per heavy atom. The Hall–Kier alpha value is -1.84. The highest BCUT2D eigenvalue weighted by molar-refractivity contribution is 5.84. The first-order valence-corrected chi connectivity index (χ1v) is 9.34. The molecule has 0 aliphatic heterocycles. The summed E-state index contributed by atoms with van der Waals surface area (Å²) in [5.41, 5.74) is 3.25. The zero-order chi connectivity index (χ0) is 19.0. The van der Waals surface area contributed by atoms with Gasteiger partial charge in [0.25, 0.3) is 0 Å². The maximum Gasteiger partial charge on any atom is 0.350 e. The Balaban J connectivity index is 0.00000151. The van der Waals surface area contributed by atoms with Crippen LogP contribution in [0.4, 0.5) is 0 Å². The first kappa shape index (κ1) is 21.2. The molecule has 4 heteroatoms. The maximum atomic E-state index is 12.4. The van der Waals surface area contributed by atoms with E-state index in [1.165, 1.54) is 5.56 Å². The molecule has 1 aliphatic rings. The molecule has 1 saturated carbocycles. The minimum absolute atomic E-state index is 0.194. The van der Waals surface area contributed by atoms with E-state index in [0.717, 1.165) is 29.5 Å². The lowest BCUT2D eigenvalue weighted by atomic mass is 9.97. The van der Waals surface area contributed by atoms with Crippen LogP contribution < -0.4 is 0 Å². The van der Waals surface area contributed by atoms with Crippen LogP contribution in [0.3, 0.4) is 0 Å². The molecule has 2 rings (SSSR count). The fraction of sp³-hybridized carbons (Fsp3) is 0.619. The third-order valence-corrected chi connectivity index (χ3v) is 4.53. The number of hydrogen-bond donors (Lipinski definition) is 0. The number of rotatable bonds is 5. The molecule has 1 aromatic rings. The smallest absolute Gasteiger partial charge is 0.350 e. The molecule has 0 heterocycles. The van der Waals surface area contributed by atoms with Crippen LogP contribution in [0, 0.1) is 20.8 Å². The van der Waals surface area contributed by atoms with Crippen LogP contribution in [0.15, 0.2) is 12.1 Å². The molecule has 0 N–H and O–H groups in total. The Kier molecular flexibility index (Phi) is 8.14. The maximum absolute atomic E-state index is 12.4. The zero-order valence-electron chi connectivity index (χ0n) is 16.5. The van der Waals surface area contributed by atoms with Gasteiger partial charge in [-0.1, -0.05) is 31.5 Å². The van der Waals surface area contributed by atoms with Crippen LogP contribution >= 0.6 is 0 Å². The average Bonchev–Trinajstić information content (AvgIpc) is 3.03. The summed E-state index contributed by atoms with van der Waals surface area (Å²) in [6.45, 7) is 12.1. The van der Waals surface area contributed by atoms with E-state index < -0.39 is 11.6 Å². The van der Waals surface area contributed by atoms with E-state index in [9.17, 15) is 9.59 Å². The number of ether oxygens (including phenoxy) is 2. The SMILES string of the molecule is CC.CCOC(=O)C1(OC(=O)Cc2c(C)cc(C)cc2C)CCCC1. The van der Waals surface area contributed by atoms with Crippen molar-refractivity contribution >= 4 is 11.9 Å². The standard InChI is InChI=1S/C19H26O4.C2H6/c1-5-22-18(21)19(8-6-7-9-19)23-17(20)12-16-14(3)10-13(2)11-15(16)4;1-2/h10-11H,5-9,12H2,1-4H3;1-2H3.